The van der Waals surface area contributed by atoms with Gasteiger partial charge in [0, 0.05) is 13.6 Å². The summed E-state index contributed by atoms with van der Waals surface area (Å²) in [6.45, 7) is 4.61. The molecule has 6 nitrogen and oxygen atoms in total. The van der Waals surface area contributed by atoms with Crippen LogP contribution in [-0.2, 0) is 11.8 Å². The number of carbonyl (C=O) groups is 1. The van der Waals surface area contributed by atoms with E-state index in [1.807, 2.05) is 31.5 Å². The lowest BCUT2D eigenvalue weighted by Gasteiger charge is -2.22. The average molecular weight is 362 g/mol. The molecular weight excluding hydrogens is 336 g/mol. The zero-order valence-corrected chi connectivity index (χ0v) is 15.9. The van der Waals surface area contributed by atoms with Crippen LogP contribution in [0, 0.1) is 12.8 Å². The number of furan rings is 1. The van der Waals surface area contributed by atoms with Crippen LogP contribution in [0.25, 0.3) is 11.4 Å². The van der Waals surface area contributed by atoms with E-state index in [0.717, 1.165) is 28.8 Å². The van der Waals surface area contributed by atoms with Crippen LogP contribution >= 0.6 is 11.8 Å². The lowest BCUT2D eigenvalue weighted by Crippen LogP contribution is -2.35. The van der Waals surface area contributed by atoms with Gasteiger partial charge in [-0.25, -0.2) is 0 Å². The Bertz CT molecular complexity index is 718. The molecule has 2 aromatic rings. The minimum absolute atomic E-state index is 0.0691. The van der Waals surface area contributed by atoms with Crippen LogP contribution in [0.2, 0.25) is 0 Å². The summed E-state index contributed by atoms with van der Waals surface area (Å²) >= 11 is 1.44. The van der Waals surface area contributed by atoms with Gasteiger partial charge in [0.2, 0.25) is 5.91 Å². The number of amides is 1. The van der Waals surface area contributed by atoms with Gasteiger partial charge in [-0.15, -0.1) is 10.2 Å². The van der Waals surface area contributed by atoms with E-state index < -0.39 is 0 Å². The Morgan fingerprint density at radius 3 is 2.84 bits per heavy atom. The van der Waals surface area contributed by atoms with Crippen molar-refractivity contribution in [3.8, 4) is 11.4 Å². The Morgan fingerprint density at radius 2 is 2.16 bits per heavy atom. The monoisotopic (exact) mass is 362 g/mol. The van der Waals surface area contributed by atoms with E-state index in [2.05, 4.69) is 15.5 Å². The quantitative estimate of drug-likeness (QED) is 0.796. The predicted octanol–water partition coefficient (Wildman–Crippen LogP) is 3.56. The van der Waals surface area contributed by atoms with Gasteiger partial charge >= 0.3 is 0 Å². The molecule has 25 heavy (non-hydrogen) atoms. The van der Waals surface area contributed by atoms with Crippen molar-refractivity contribution in [1.82, 2.24) is 20.1 Å². The third-order valence-corrected chi connectivity index (χ3v) is 6.01. The van der Waals surface area contributed by atoms with Crippen molar-refractivity contribution in [2.45, 2.75) is 56.4 Å². The zero-order valence-electron chi connectivity index (χ0n) is 15.1. The van der Waals surface area contributed by atoms with Crippen LogP contribution < -0.4 is 5.32 Å². The maximum Gasteiger partial charge on any atom is 0.233 e. The third kappa shape index (κ3) is 4.26. The summed E-state index contributed by atoms with van der Waals surface area (Å²) in [5.41, 5.74) is 0.927. The third-order valence-electron chi connectivity index (χ3n) is 4.88. The second-order valence-electron chi connectivity index (χ2n) is 6.76. The molecule has 0 bridgehead atoms. The van der Waals surface area contributed by atoms with Crippen LogP contribution in [-0.4, -0.2) is 32.5 Å². The molecule has 0 aliphatic heterocycles. The number of hydrogen-bond acceptors (Lipinski definition) is 5. The first kappa shape index (κ1) is 18.0. The molecule has 1 saturated carbocycles. The molecule has 0 saturated heterocycles. The number of aryl methyl sites for hydroxylation is 1. The highest BCUT2D eigenvalue weighted by atomic mass is 32.2. The topological polar surface area (TPSA) is 72.9 Å². The van der Waals surface area contributed by atoms with Crippen molar-refractivity contribution in [3.63, 3.8) is 0 Å². The number of aromatic nitrogens is 3. The van der Waals surface area contributed by atoms with Gasteiger partial charge in [0.25, 0.3) is 0 Å². The summed E-state index contributed by atoms with van der Waals surface area (Å²) in [6.07, 6.45) is 8.03. The Labute approximate surface area is 152 Å². The molecule has 1 unspecified atom stereocenters. The minimum Gasteiger partial charge on any atom is -0.469 e. The van der Waals surface area contributed by atoms with Crippen molar-refractivity contribution >= 4 is 17.7 Å². The predicted molar refractivity (Wildman–Crippen MR) is 98.3 cm³/mol. The fraction of sp³-hybridized carbons (Fsp3) is 0.611. The van der Waals surface area contributed by atoms with Gasteiger partial charge < -0.3 is 14.3 Å². The average Bonchev–Trinajstić information content (AvgIpc) is 3.19. The number of nitrogens with zero attached hydrogens (tertiary/aromatic N) is 3. The van der Waals surface area contributed by atoms with Crippen molar-refractivity contribution in [3.05, 3.63) is 18.1 Å². The molecule has 1 fully saturated rings. The lowest BCUT2D eigenvalue weighted by molar-refractivity contribution is -0.120. The second-order valence-corrected chi connectivity index (χ2v) is 8.07. The summed E-state index contributed by atoms with van der Waals surface area (Å²) in [5.74, 6) is 2.27. The number of nitrogens with one attached hydrogen (secondary N) is 1. The van der Waals surface area contributed by atoms with Gasteiger partial charge in [-0.2, -0.15) is 0 Å². The number of thioether (sulfide) groups is 1. The standard InChI is InChI=1S/C18H26N4O2S/c1-12-15(9-10-24-12)16-20-21-18(22(16)3)25-13(2)17(23)19-11-14-7-5-4-6-8-14/h9-10,13-14H,4-8,11H2,1-3H3,(H,19,23). The summed E-state index contributed by atoms with van der Waals surface area (Å²) in [5, 5.41) is 12.1. The van der Waals surface area contributed by atoms with E-state index in [0.29, 0.717) is 5.92 Å². The van der Waals surface area contributed by atoms with Gasteiger partial charge in [-0.3, -0.25) is 4.79 Å². The van der Waals surface area contributed by atoms with Gasteiger partial charge in [0.1, 0.15) is 5.76 Å². The second kappa shape index (κ2) is 8.08. The lowest BCUT2D eigenvalue weighted by atomic mass is 9.89. The first-order chi connectivity index (χ1) is 12.1. The van der Waals surface area contributed by atoms with E-state index in [-0.39, 0.29) is 11.2 Å². The summed E-state index contributed by atoms with van der Waals surface area (Å²) in [4.78, 5) is 12.4. The first-order valence-electron chi connectivity index (χ1n) is 8.94. The van der Waals surface area contributed by atoms with E-state index in [4.69, 9.17) is 4.42 Å². The van der Waals surface area contributed by atoms with Crippen LogP contribution in [0.3, 0.4) is 0 Å². The van der Waals surface area contributed by atoms with Crippen molar-refractivity contribution in [2.24, 2.45) is 13.0 Å². The molecule has 0 aromatic carbocycles. The van der Waals surface area contributed by atoms with Crippen molar-refractivity contribution < 1.29 is 9.21 Å². The largest absolute Gasteiger partial charge is 0.469 e. The normalized spacial score (nSPS) is 16.8. The molecule has 2 heterocycles. The minimum atomic E-state index is -0.204. The SMILES string of the molecule is Cc1occc1-c1nnc(SC(C)C(=O)NCC2CCCCC2)n1C. The molecule has 1 N–H and O–H groups in total. The smallest absolute Gasteiger partial charge is 0.233 e. The molecule has 7 heteroatoms. The van der Waals surface area contributed by atoms with Gasteiger partial charge in [-0.05, 0) is 38.7 Å². The fourth-order valence-corrected chi connectivity index (χ4v) is 4.10. The van der Waals surface area contributed by atoms with Crippen molar-refractivity contribution in [2.75, 3.05) is 6.54 Å². The molecule has 0 radical (unpaired) electrons. The van der Waals surface area contributed by atoms with Crippen LogP contribution in [0.1, 0.15) is 44.8 Å². The summed E-state index contributed by atoms with van der Waals surface area (Å²) < 4.78 is 7.25. The van der Waals surface area contributed by atoms with E-state index >= 15 is 0 Å². The van der Waals surface area contributed by atoms with Crippen LogP contribution in [0.5, 0.6) is 0 Å². The maximum atomic E-state index is 12.4. The summed E-state index contributed by atoms with van der Waals surface area (Å²) in [7, 11) is 1.91. The Kier molecular flexibility index (Phi) is 5.83. The van der Waals surface area contributed by atoms with E-state index in [1.54, 1.807) is 6.26 Å². The molecule has 1 aliphatic rings. The molecule has 1 atom stereocenters. The number of rotatable bonds is 6. The van der Waals surface area contributed by atoms with Crippen LogP contribution in [0.4, 0.5) is 0 Å². The molecule has 0 spiro atoms. The van der Waals surface area contributed by atoms with Gasteiger partial charge in [0.15, 0.2) is 11.0 Å². The Morgan fingerprint density at radius 1 is 1.40 bits per heavy atom. The fourth-order valence-electron chi connectivity index (χ4n) is 3.26. The molecule has 136 valence electrons. The first-order valence-corrected chi connectivity index (χ1v) is 9.82. The highest BCUT2D eigenvalue weighted by Crippen LogP contribution is 2.28. The molecule has 3 rings (SSSR count). The highest BCUT2D eigenvalue weighted by molar-refractivity contribution is 8.00. The van der Waals surface area contributed by atoms with E-state index in [1.165, 1.54) is 43.9 Å². The Balaban J connectivity index is 1.57. The van der Waals surface area contributed by atoms with Gasteiger partial charge in [0.05, 0.1) is 17.1 Å². The molecule has 1 aliphatic carbocycles. The highest BCUT2D eigenvalue weighted by Gasteiger charge is 2.21. The zero-order chi connectivity index (χ0) is 17.8. The van der Waals surface area contributed by atoms with Crippen LogP contribution in [0.15, 0.2) is 21.9 Å². The summed E-state index contributed by atoms with van der Waals surface area (Å²) in [6, 6.07) is 1.88. The van der Waals surface area contributed by atoms with Crippen molar-refractivity contribution in [1.29, 1.82) is 0 Å². The maximum absolute atomic E-state index is 12.4. The number of hydrogen-bond donors (Lipinski definition) is 1. The molecule has 1 amide bonds. The molecular formula is C18H26N4O2S. The van der Waals surface area contributed by atoms with Gasteiger partial charge in [-0.1, -0.05) is 31.0 Å². The number of carbonyl (C=O) groups excluding carboxylic acids is 1. The van der Waals surface area contributed by atoms with E-state index in [9.17, 15) is 4.79 Å². The Hall–Kier alpha value is -1.76. The molecule has 2 aromatic heterocycles.